The van der Waals surface area contributed by atoms with Gasteiger partial charge in [0.25, 0.3) is 0 Å². The maximum Gasteiger partial charge on any atom is 0.174 e. The highest BCUT2D eigenvalue weighted by Crippen LogP contribution is 2.15. The third-order valence-electron chi connectivity index (χ3n) is 2.25. The molecule has 0 fully saturated rings. The van der Waals surface area contributed by atoms with Crippen LogP contribution in [0.5, 0.6) is 5.75 Å². The van der Waals surface area contributed by atoms with Crippen molar-refractivity contribution < 1.29 is 4.74 Å². The number of ether oxygens (including phenoxy) is 1. The molecule has 18 heavy (non-hydrogen) atoms. The zero-order chi connectivity index (χ0) is 12.6. The molecule has 1 N–H and O–H groups in total. The number of nitrogens with zero attached hydrogens (tertiary/aromatic N) is 3. The molecule has 90 valence electrons. The lowest BCUT2D eigenvalue weighted by molar-refractivity contribution is 0.368. The van der Waals surface area contributed by atoms with Gasteiger partial charge < -0.3 is 10.1 Å². The molecule has 0 radical (unpaired) electrons. The number of nitrogens with one attached hydrogen (secondary N) is 1. The van der Waals surface area contributed by atoms with Crippen LogP contribution in [0.4, 0.5) is 5.69 Å². The van der Waals surface area contributed by atoms with Crippen LogP contribution < -0.4 is 10.1 Å². The third kappa shape index (κ3) is 3.46. The highest BCUT2D eigenvalue weighted by molar-refractivity contribution is 5.46. The number of anilines is 1. The topological polar surface area (TPSA) is 70.8 Å². The van der Waals surface area contributed by atoms with Gasteiger partial charge in [-0.25, -0.2) is 0 Å². The Bertz CT molecular complexity index is 519. The summed E-state index contributed by atoms with van der Waals surface area (Å²) < 4.78 is 5.16. The first-order valence-electron chi connectivity index (χ1n) is 5.47. The molecule has 1 aromatic heterocycles. The molecule has 0 aliphatic rings. The van der Waals surface area contributed by atoms with Gasteiger partial charge in [0.1, 0.15) is 11.8 Å². The molecule has 0 amide bonds. The second kappa shape index (κ2) is 6.21. The summed E-state index contributed by atoms with van der Waals surface area (Å²) in [6.45, 7) is 0.679. The van der Waals surface area contributed by atoms with Gasteiger partial charge in [0.05, 0.1) is 18.4 Å². The molecule has 2 aromatic rings. The molecule has 5 heteroatoms. The summed E-state index contributed by atoms with van der Waals surface area (Å²) in [5.74, 6) is 0.682. The monoisotopic (exact) mass is 240 g/mol. The van der Waals surface area contributed by atoms with E-state index in [0.717, 1.165) is 11.4 Å². The van der Waals surface area contributed by atoms with Crippen molar-refractivity contribution >= 4 is 5.69 Å². The lowest BCUT2D eigenvalue weighted by Gasteiger charge is -2.06. The molecule has 0 aliphatic carbocycles. The molecule has 5 nitrogen and oxygen atoms in total. The SMILES string of the molecule is N#CCOc1ccc(NCc2cnccn2)cc1. The lowest BCUT2D eigenvalue weighted by atomic mass is 10.3. The molecule has 0 aliphatic heterocycles. The van der Waals surface area contributed by atoms with Crippen LogP contribution in [0.3, 0.4) is 0 Å². The number of rotatable bonds is 5. The molecular formula is C13H12N4O. The van der Waals surface area contributed by atoms with Crippen molar-refractivity contribution in [3.63, 3.8) is 0 Å². The predicted molar refractivity (Wildman–Crippen MR) is 66.9 cm³/mol. The summed E-state index contributed by atoms with van der Waals surface area (Å²) in [5, 5.41) is 11.6. The number of benzene rings is 1. The van der Waals surface area contributed by atoms with Crippen LogP contribution in [-0.2, 0) is 6.54 Å². The first-order valence-corrected chi connectivity index (χ1v) is 5.47. The van der Waals surface area contributed by atoms with Gasteiger partial charge in [0.15, 0.2) is 6.61 Å². The number of aromatic nitrogens is 2. The fraction of sp³-hybridized carbons (Fsp3) is 0.154. The molecule has 0 saturated carbocycles. The molecule has 2 rings (SSSR count). The highest BCUT2D eigenvalue weighted by Gasteiger charge is 1.96. The summed E-state index contributed by atoms with van der Waals surface area (Å²) in [5.41, 5.74) is 1.84. The van der Waals surface area contributed by atoms with Gasteiger partial charge in [-0.05, 0) is 24.3 Å². The van der Waals surface area contributed by atoms with Crippen LogP contribution in [0.15, 0.2) is 42.9 Å². The van der Waals surface area contributed by atoms with E-state index in [-0.39, 0.29) is 6.61 Å². The van der Waals surface area contributed by atoms with E-state index in [2.05, 4.69) is 15.3 Å². The van der Waals surface area contributed by atoms with E-state index in [0.29, 0.717) is 12.3 Å². The van der Waals surface area contributed by atoms with Crippen molar-refractivity contribution in [2.75, 3.05) is 11.9 Å². The maximum absolute atomic E-state index is 8.39. The summed E-state index contributed by atoms with van der Waals surface area (Å²) in [4.78, 5) is 8.16. The highest BCUT2D eigenvalue weighted by atomic mass is 16.5. The Morgan fingerprint density at radius 3 is 2.72 bits per heavy atom. The minimum atomic E-state index is 0.0619. The van der Waals surface area contributed by atoms with E-state index in [1.54, 1.807) is 18.6 Å². The van der Waals surface area contributed by atoms with Gasteiger partial charge in [-0.2, -0.15) is 5.26 Å². The zero-order valence-electron chi connectivity index (χ0n) is 9.71. The van der Waals surface area contributed by atoms with E-state index in [4.69, 9.17) is 10.00 Å². The normalized spacial score (nSPS) is 9.50. The molecule has 0 saturated heterocycles. The van der Waals surface area contributed by atoms with Crippen LogP contribution in [0.2, 0.25) is 0 Å². The van der Waals surface area contributed by atoms with Crippen LogP contribution in [0, 0.1) is 11.3 Å². The molecule has 0 bridgehead atoms. The second-order valence-corrected chi connectivity index (χ2v) is 3.52. The van der Waals surface area contributed by atoms with Crippen molar-refractivity contribution in [1.82, 2.24) is 9.97 Å². The molecule has 1 heterocycles. The van der Waals surface area contributed by atoms with Gasteiger partial charge >= 0.3 is 0 Å². The Balaban J connectivity index is 1.89. The zero-order valence-corrected chi connectivity index (χ0v) is 9.71. The van der Waals surface area contributed by atoms with Crippen LogP contribution in [-0.4, -0.2) is 16.6 Å². The van der Waals surface area contributed by atoms with Gasteiger partial charge in [0.2, 0.25) is 0 Å². The summed E-state index contributed by atoms with van der Waals surface area (Å²) in [7, 11) is 0. The third-order valence-corrected chi connectivity index (χ3v) is 2.25. The van der Waals surface area contributed by atoms with Crippen molar-refractivity contribution in [3.8, 4) is 11.8 Å². The number of hydrogen-bond acceptors (Lipinski definition) is 5. The standard InChI is InChI=1S/C13H12N4O/c14-5-8-18-13-3-1-11(2-4-13)17-10-12-9-15-6-7-16-12/h1-4,6-7,9,17H,8,10H2. The minimum absolute atomic E-state index is 0.0619. The van der Waals surface area contributed by atoms with E-state index >= 15 is 0 Å². The maximum atomic E-state index is 8.39. The summed E-state index contributed by atoms with van der Waals surface area (Å²) in [6.07, 6.45) is 5.03. The van der Waals surface area contributed by atoms with Gasteiger partial charge in [-0.15, -0.1) is 0 Å². The van der Waals surface area contributed by atoms with Crippen LogP contribution >= 0.6 is 0 Å². The largest absolute Gasteiger partial charge is 0.479 e. The first kappa shape index (κ1) is 11.9. The molecule has 0 spiro atoms. The Morgan fingerprint density at radius 1 is 1.22 bits per heavy atom. The van der Waals surface area contributed by atoms with Gasteiger partial charge in [0, 0.05) is 18.1 Å². The van der Waals surface area contributed by atoms with Crippen molar-refractivity contribution in [1.29, 1.82) is 5.26 Å². The summed E-state index contributed by atoms with van der Waals surface area (Å²) in [6, 6.07) is 9.34. The van der Waals surface area contributed by atoms with E-state index in [1.165, 1.54) is 0 Å². The van der Waals surface area contributed by atoms with Crippen LogP contribution in [0.25, 0.3) is 0 Å². The van der Waals surface area contributed by atoms with Crippen molar-refractivity contribution in [2.24, 2.45) is 0 Å². The Labute approximate surface area is 105 Å². The van der Waals surface area contributed by atoms with E-state index < -0.39 is 0 Å². The fourth-order valence-corrected chi connectivity index (χ4v) is 1.40. The van der Waals surface area contributed by atoms with Crippen molar-refractivity contribution in [3.05, 3.63) is 48.5 Å². The first-order chi connectivity index (χ1) is 8.88. The Morgan fingerprint density at radius 2 is 2.06 bits per heavy atom. The van der Waals surface area contributed by atoms with Gasteiger partial charge in [-0.3, -0.25) is 9.97 Å². The smallest absolute Gasteiger partial charge is 0.174 e. The average molecular weight is 240 g/mol. The number of hydrogen-bond donors (Lipinski definition) is 1. The van der Waals surface area contributed by atoms with E-state index in [9.17, 15) is 0 Å². The van der Waals surface area contributed by atoms with Gasteiger partial charge in [-0.1, -0.05) is 0 Å². The lowest BCUT2D eigenvalue weighted by Crippen LogP contribution is -2.01. The molecule has 1 aromatic carbocycles. The second-order valence-electron chi connectivity index (χ2n) is 3.52. The molecular weight excluding hydrogens is 228 g/mol. The quantitative estimate of drug-likeness (QED) is 0.865. The molecule has 0 atom stereocenters. The molecule has 0 unspecified atom stereocenters. The van der Waals surface area contributed by atoms with Crippen LogP contribution in [0.1, 0.15) is 5.69 Å². The Kier molecular flexibility index (Phi) is 4.09. The van der Waals surface area contributed by atoms with E-state index in [1.807, 2.05) is 30.3 Å². The fourth-order valence-electron chi connectivity index (χ4n) is 1.40. The average Bonchev–Trinajstić information content (AvgIpc) is 2.45. The minimum Gasteiger partial charge on any atom is -0.479 e. The predicted octanol–water partition coefficient (Wildman–Crippen LogP) is 1.99. The Hall–Kier alpha value is -2.61. The summed E-state index contributed by atoms with van der Waals surface area (Å²) >= 11 is 0. The van der Waals surface area contributed by atoms with Crippen molar-refractivity contribution in [2.45, 2.75) is 6.54 Å². The number of nitriles is 1.